The second-order valence-electron chi connectivity index (χ2n) is 6.99. The number of carbonyl (C=O) groups is 2. The van der Waals surface area contributed by atoms with E-state index in [2.05, 4.69) is 20.9 Å². The highest BCUT2D eigenvalue weighted by Crippen LogP contribution is 2.28. The molecule has 2 rings (SSSR count). The second-order valence-corrected chi connectivity index (χ2v) is 6.99. The standard InChI is InChI=1S/C17H20F3N5O2/c1-9-8-12(24-25(9)16(3,4)5)15(27)23-22-14(26)11-6-7-13(17(18,19)20)21-10(11)2/h6-8H,1-5H3,(H,22,26)(H,23,27). The van der Waals surface area contributed by atoms with Crippen LogP contribution < -0.4 is 10.9 Å². The third-order valence-corrected chi connectivity index (χ3v) is 3.67. The molecule has 27 heavy (non-hydrogen) atoms. The Labute approximate surface area is 153 Å². The maximum absolute atomic E-state index is 12.6. The first-order valence-electron chi connectivity index (χ1n) is 8.03. The van der Waals surface area contributed by atoms with Crippen LogP contribution in [0.5, 0.6) is 0 Å². The summed E-state index contributed by atoms with van der Waals surface area (Å²) in [6, 6.07) is 3.28. The smallest absolute Gasteiger partial charge is 0.267 e. The number of hydrogen-bond acceptors (Lipinski definition) is 4. The highest BCUT2D eigenvalue weighted by Gasteiger charge is 2.33. The molecule has 0 atom stereocenters. The molecular formula is C17H20F3N5O2. The van der Waals surface area contributed by atoms with Crippen molar-refractivity contribution in [2.24, 2.45) is 0 Å². The van der Waals surface area contributed by atoms with E-state index in [0.717, 1.165) is 11.8 Å². The number of amides is 2. The van der Waals surface area contributed by atoms with Crippen molar-refractivity contribution >= 4 is 11.8 Å². The number of halogens is 3. The summed E-state index contributed by atoms with van der Waals surface area (Å²) in [6.07, 6.45) is -4.60. The van der Waals surface area contributed by atoms with Gasteiger partial charge in [0.05, 0.1) is 16.8 Å². The van der Waals surface area contributed by atoms with Crippen LogP contribution in [0.25, 0.3) is 0 Å². The molecular weight excluding hydrogens is 363 g/mol. The number of carbonyl (C=O) groups excluding carboxylic acids is 2. The molecule has 146 valence electrons. The lowest BCUT2D eigenvalue weighted by Gasteiger charge is -2.21. The summed E-state index contributed by atoms with van der Waals surface area (Å²) < 4.78 is 39.6. The third kappa shape index (κ3) is 4.63. The quantitative estimate of drug-likeness (QED) is 0.781. The maximum atomic E-state index is 12.6. The van der Waals surface area contributed by atoms with Crippen molar-refractivity contribution in [1.82, 2.24) is 25.6 Å². The van der Waals surface area contributed by atoms with Gasteiger partial charge in [0.1, 0.15) is 5.69 Å². The minimum absolute atomic E-state index is 0.0836. The van der Waals surface area contributed by atoms with Gasteiger partial charge in [0.25, 0.3) is 11.8 Å². The zero-order valence-corrected chi connectivity index (χ0v) is 15.5. The normalized spacial score (nSPS) is 12.0. The molecule has 2 N–H and O–H groups in total. The lowest BCUT2D eigenvalue weighted by atomic mass is 10.1. The number of rotatable bonds is 2. The first-order chi connectivity index (χ1) is 12.3. The van der Waals surface area contributed by atoms with Gasteiger partial charge in [-0.15, -0.1) is 0 Å². The summed E-state index contributed by atoms with van der Waals surface area (Å²) in [5.74, 6) is -1.43. The van der Waals surface area contributed by atoms with Crippen LogP contribution in [0.15, 0.2) is 18.2 Å². The van der Waals surface area contributed by atoms with Crippen LogP contribution in [0.1, 0.15) is 58.7 Å². The van der Waals surface area contributed by atoms with Crippen molar-refractivity contribution in [3.05, 3.63) is 46.5 Å². The number of pyridine rings is 1. The van der Waals surface area contributed by atoms with Crippen LogP contribution in [-0.4, -0.2) is 26.6 Å². The summed E-state index contributed by atoms with van der Waals surface area (Å²) in [5, 5.41) is 4.20. The van der Waals surface area contributed by atoms with Crippen molar-refractivity contribution in [1.29, 1.82) is 0 Å². The van der Waals surface area contributed by atoms with E-state index in [1.165, 1.54) is 6.92 Å². The predicted octanol–water partition coefficient (Wildman–Crippen LogP) is 2.74. The van der Waals surface area contributed by atoms with Crippen LogP contribution >= 0.6 is 0 Å². The fraction of sp³-hybridized carbons (Fsp3) is 0.412. The zero-order chi connectivity index (χ0) is 20.6. The number of hydrogen-bond donors (Lipinski definition) is 2. The Kier molecular flexibility index (Phi) is 5.30. The highest BCUT2D eigenvalue weighted by atomic mass is 19.4. The Morgan fingerprint density at radius 1 is 1.04 bits per heavy atom. The Morgan fingerprint density at radius 3 is 2.11 bits per heavy atom. The first kappa shape index (κ1) is 20.4. The number of nitrogens with zero attached hydrogens (tertiary/aromatic N) is 3. The Balaban J connectivity index is 2.09. The molecule has 0 saturated heterocycles. The average Bonchev–Trinajstić information content (AvgIpc) is 2.93. The molecule has 7 nitrogen and oxygen atoms in total. The Morgan fingerprint density at radius 2 is 1.63 bits per heavy atom. The minimum Gasteiger partial charge on any atom is -0.267 e. The van der Waals surface area contributed by atoms with Gasteiger partial charge in [-0.3, -0.25) is 25.1 Å². The van der Waals surface area contributed by atoms with Gasteiger partial charge in [-0.1, -0.05) is 0 Å². The second kappa shape index (κ2) is 7.01. The molecule has 0 bridgehead atoms. The van der Waals surface area contributed by atoms with E-state index in [4.69, 9.17) is 0 Å². The molecule has 2 aromatic rings. The Hall–Kier alpha value is -2.91. The van der Waals surface area contributed by atoms with Gasteiger partial charge in [0, 0.05) is 5.69 Å². The number of alkyl halides is 3. The molecule has 0 aromatic carbocycles. The molecule has 2 aromatic heterocycles. The monoisotopic (exact) mass is 383 g/mol. The van der Waals surface area contributed by atoms with Crippen LogP contribution in [0.2, 0.25) is 0 Å². The van der Waals surface area contributed by atoms with Gasteiger partial charge in [-0.2, -0.15) is 18.3 Å². The van der Waals surface area contributed by atoms with Gasteiger partial charge in [-0.25, -0.2) is 4.98 Å². The van der Waals surface area contributed by atoms with E-state index >= 15 is 0 Å². The van der Waals surface area contributed by atoms with Gasteiger partial charge in [0.2, 0.25) is 0 Å². The topological polar surface area (TPSA) is 88.9 Å². The maximum Gasteiger partial charge on any atom is 0.433 e. The van der Waals surface area contributed by atoms with E-state index in [0.29, 0.717) is 6.07 Å². The van der Waals surface area contributed by atoms with Crippen molar-refractivity contribution < 1.29 is 22.8 Å². The average molecular weight is 383 g/mol. The summed E-state index contributed by atoms with van der Waals surface area (Å²) in [7, 11) is 0. The largest absolute Gasteiger partial charge is 0.433 e. The summed E-state index contributed by atoms with van der Waals surface area (Å²) in [6.45, 7) is 8.86. The van der Waals surface area contributed by atoms with Crippen molar-refractivity contribution in [2.75, 3.05) is 0 Å². The molecule has 0 fully saturated rings. The number of nitrogens with one attached hydrogen (secondary N) is 2. The van der Waals surface area contributed by atoms with E-state index in [1.807, 2.05) is 20.8 Å². The minimum atomic E-state index is -4.60. The van der Waals surface area contributed by atoms with Crippen molar-refractivity contribution in [3.63, 3.8) is 0 Å². The number of aryl methyl sites for hydroxylation is 2. The number of aromatic nitrogens is 3. The summed E-state index contributed by atoms with van der Waals surface area (Å²) in [5.41, 5.74) is 3.61. The van der Waals surface area contributed by atoms with Crippen molar-refractivity contribution in [2.45, 2.75) is 46.3 Å². The van der Waals surface area contributed by atoms with Gasteiger partial charge in [-0.05, 0) is 52.8 Å². The summed E-state index contributed by atoms with van der Waals surface area (Å²) >= 11 is 0. The molecule has 2 heterocycles. The van der Waals surface area contributed by atoms with Crippen LogP contribution in [0.3, 0.4) is 0 Å². The summed E-state index contributed by atoms with van der Waals surface area (Å²) in [4.78, 5) is 27.7. The van der Waals surface area contributed by atoms with Crippen LogP contribution in [-0.2, 0) is 11.7 Å². The lowest BCUT2D eigenvalue weighted by molar-refractivity contribution is -0.141. The number of hydrazine groups is 1. The fourth-order valence-electron chi connectivity index (χ4n) is 2.47. The first-order valence-corrected chi connectivity index (χ1v) is 8.03. The van der Waals surface area contributed by atoms with Crippen LogP contribution in [0, 0.1) is 13.8 Å². The fourth-order valence-corrected chi connectivity index (χ4v) is 2.47. The molecule has 10 heteroatoms. The SMILES string of the molecule is Cc1nc(C(F)(F)F)ccc1C(=O)NNC(=O)c1cc(C)n(C(C)(C)C)n1. The highest BCUT2D eigenvalue weighted by molar-refractivity contribution is 5.98. The van der Waals surface area contributed by atoms with E-state index in [-0.39, 0.29) is 22.5 Å². The van der Waals surface area contributed by atoms with E-state index < -0.39 is 23.7 Å². The molecule has 0 radical (unpaired) electrons. The molecule has 0 aliphatic rings. The van der Waals surface area contributed by atoms with E-state index in [9.17, 15) is 22.8 Å². The molecule has 0 aliphatic carbocycles. The third-order valence-electron chi connectivity index (χ3n) is 3.67. The Bertz CT molecular complexity index is 882. The molecule has 0 unspecified atom stereocenters. The molecule has 0 spiro atoms. The predicted molar refractivity (Wildman–Crippen MR) is 90.9 cm³/mol. The molecule has 2 amide bonds. The van der Waals surface area contributed by atoms with E-state index in [1.54, 1.807) is 17.7 Å². The molecule has 0 aliphatic heterocycles. The molecule has 0 saturated carbocycles. The van der Waals surface area contributed by atoms with Gasteiger partial charge >= 0.3 is 6.18 Å². The van der Waals surface area contributed by atoms with Gasteiger partial charge < -0.3 is 0 Å². The lowest BCUT2D eigenvalue weighted by Crippen LogP contribution is -2.42. The van der Waals surface area contributed by atoms with Crippen LogP contribution in [0.4, 0.5) is 13.2 Å². The van der Waals surface area contributed by atoms with Crippen molar-refractivity contribution in [3.8, 4) is 0 Å². The zero-order valence-electron chi connectivity index (χ0n) is 15.5. The van der Waals surface area contributed by atoms with Gasteiger partial charge in [0.15, 0.2) is 5.69 Å².